The van der Waals surface area contributed by atoms with E-state index in [4.69, 9.17) is 27.9 Å². The molecule has 0 spiro atoms. The monoisotopic (exact) mass is 469 g/mol. The lowest BCUT2D eigenvalue weighted by atomic mass is 10.2. The first-order chi connectivity index (χ1) is 15.3. The topological polar surface area (TPSA) is 96.9 Å². The number of benzene rings is 3. The van der Waals surface area contributed by atoms with Gasteiger partial charge in [0.15, 0.2) is 0 Å². The van der Waals surface area contributed by atoms with E-state index < -0.39 is 17.8 Å². The maximum atomic E-state index is 12.2. The number of carbonyl (C=O) groups is 3. The Morgan fingerprint density at radius 3 is 2.28 bits per heavy atom. The molecule has 3 aromatic carbocycles. The van der Waals surface area contributed by atoms with Crippen LogP contribution in [0.2, 0.25) is 10.0 Å². The standard InChI is InChI=1S/C23H17Cl2N3O4/c1-14-18(24)7-4-8-20(14)27-21(29)22(30)28-26-13-15-9-11-16(12-10-15)32-23(31)17-5-2-3-6-19(17)25/h2-13H,1H3,(H,27,29)(H,28,30). The van der Waals surface area contributed by atoms with Gasteiger partial charge in [0.25, 0.3) is 0 Å². The Kier molecular flexibility index (Phi) is 7.59. The number of halogens is 2. The molecule has 0 atom stereocenters. The minimum Gasteiger partial charge on any atom is -0.423 e. The molecule has 0 fully saturated rings. The molecule has 3 aromatic rings. The molecule has 0 aromatic heterocycles. The van der Waals surface area contributed by atoms with Crippen LogP contribution in [0.1, 0.15) is 21.5 Å². The normalized spacial score (nSPS) is 10.6. The van der Waals surface area contributed by atoms with E-state index in [1.165, 1.54) is 6.21 Å². The van der Waals surface area contributed by atoms with Gasteiger partial charge >= 0.3 is 17.8 Å². The van der Waals surface area contributed by atoms with E-state index in [2.05, 4.69) is 15.8 Å². The molecule has 7 nitrogen and oxygen atoms in total. The molecule has 0 bridgehead atoms. The Labute approximate surface area is 194 Å². The zero-order chi connectivity index (χ0) is 23.1. The molecule has 2 amide bonds. The lowest BCUT2D eigenvalue weighted by Crippen LogP contribution is -2.32. The van der Waals surface area contributed by atoms with E-state index in [0.717, 1.165) is 0 Å². The van der Waals surface area contributed by atoms with Gasteiger partial charge in [0.2, 0.25) is 0 Å². The predicted octanol–water partition coefficient (Wildman–Crippen LogP) is 4.61. The SMILES string of the molecule is Cc1c(Cl)cccc1NC(=O)C(=O)NN=Cc1ccc(OC(=O)c2ccccc2Cl)cc1. The second-order valence-corrected chi connectivity index (χ2v) is 7.32. The zero-order valence-electron chi connectivity index (χ0n) is 16.8. The van der Waals surface area contributed by atoms with Crippen molar-refractivity contribution in [3.8, 4) is 5.75 Å². The third-order valence-electron chi connectivity index (χ3n) is 4.29. The summed E-state index contributed by atoms with van der Waals surface area (Å²) in [7, 11) is 0. The van der Waals surface area contributed by atoms with Crippen molar-refractivity contribution in [3.63, 3.8) is 0 Å². The Hall–Kier alpha value is -3.68. The average molecular weight is 470 g/mol. The van der Waals surface area contributed by atoms with Gasteiger partial charge in [0.1, 0.15) is 5.75 Å². The van der Waals surface area contributed by atoms with Gasteiger partial charge in [0.05, 0.1) is 16.8 Å². The number of nitrogens with zero attached hydrogens (tertiary/aromatic N) is 1. The minimum atomic E-state index is -0.939. The van der Waals surface area contributed by atoms with Gasteiger partial charge in [-0.05, 0) is 66.6 Å². The average Bonchev–Trinajstić information content (AvgIpc) is 2.78. The van der Waals surface area contributed by atoms with Crippen LogP contribution >= 0.6 is 23.2 Å². The van der Waals surface area contributed by atoms with Crippen molar-refractivity contribution in [2.45, 2.75) is 6.92 Å². The summed E-state index contributed by atoms with van der Waals surface area (Å²) in [5, 5.41) is 7.00. The largest absolute Gasteiger partial charge is 0.423 e. The number of amides is 2. The molecule has 0 heterocycles. The van der Waals surface area contributed by atoms with Gasteiger partial charge < -0.3 is 10.1 Å². The molecular formula is C23H17Cl2N3O4. The van der Waals surface area contributed by atoms with Crippen molar-refractivity contribution in [1.29, 1.82) is 0 Å². The van der Waals surface area contributed by atoms with Crippen LogP contribution < -0.4 is 15.5 Å². The summed E-state index contributed by atoms with van der Waals surface area (Å²) in [4.78, 5) is 36.1. The van der Waals surface area contributed by atoms with Gasteiger partial charge in [-0.3, -0.25) is 9.59 Å². The van der Waals surface area contributed by atoms with E-state index in [1.54, 1.807) is 73.7 Å². The van der Waals surface area contributed by atoms with Crippen LogP contribution in [-0.4, -0.2) is 24.0 Å². The Morgan fingerprint density at radius 1 is 0.875 bits per heavy atom. The van der Waals surface area contributed by atoms with Crippen LogP contribution in [0, 0.1) is 6.92 Å². The Balaban J connectivity index is 1.53. The fourth-order valence-corrected chi connectivity index (χ4v) is 2.94. The van der Waals surface area contributed by atoms with Crippen LogP contribution in [0.4, 0.5) is 5.69 Å². The third-order valence-corrected chi connectivity index (χ3v) is 5.03. The first-order valence-electron chi connectivity index (χ1n) is 9.31. The van der Waals surface area contributed by atoms with E-state index in [0.29, 0.717) is 32.6 Å². The Bertz CT molecular complexity index is 1190. The summed E-state index contributed by atoms with van der Waals surface area (Å²) >= 11 is 12.0. The van der Waals surface area contributed by atoms with Gasteiger partial charge in [-0.25, -0.2) is 10.2 Å². The van der Waals surface area contributed by atoms with E-state index in [9.17, 15) is 14.4 Å². The molecule has 0 unspecified atom stereocenters. The molecule has 0 saturated heterocycles. The van der Waals surface area contributed by atoms with Gasteiger partial charge in [-0.1, -0.05) is 41.4 Å². The molecular weight excluding hydrogens is 453 g/mol. The molecule has 0 aliphatic heterocycles. The van der Waals surface area contributed by atoms with Crippen molar-refractivity contribution < 1.29 is 19.1 Å². The fourth-order valence-electron chi connectivity index (χ4n) is 2.55. The minimum absolute atomic E-state index is 0.258. The number of esters is 1. The number of hydrogen-bond donors (Lipinski definition) is 2. The highest BCUT2D eigenvalue weighted by molar-refractivity contribution is 6.40. The van der Waals surface area contributed by atoms with E-state index in [-0.39, 0.29) is 5.56 Å². The maximum Gasteiger partial charge on any atom is 0.345 e. The zero-order valence-corrected chi connectivity index (χ0v) is 18.3. The summed E-state index contributed by atoms with van der Waals surface area (Å²) in [5.74, 6) is -2.09. The lowest BCUT2D eigenvalue weighted by molar-refractivity contribution is -0.136. The van der Waals surface area contributed by atoms with Crippen molar-refractivity contribution in [2.24, 2.45) is 5.10 Å². The number of hydrazone groups is 1. The molecule has 162 valence electrons. The van der Waals surface area contributed by atoms with Crippen LogP contribution in [0.5, 0.6) is 5.75 Å². The number of anilines is 1. The smallest absolute Gasteiger partial charge is 0.345 e. The highest BCUT2D eigenvalue weighted by Gasteiger charge is 2.15. The van der Waals surface area contributed by atoms with Crippen LogP contribution in [0.25, 0.3) is 0 Å². The lowest BCUT2D eigenvalue weighted by Gasteiger charge is -2.08. The van der Waals surface area contributed by atoms with Crippen LogP contribution in [0.3, 0.4) is 0 Å². The second-order valence-electron chi connectivity index (χ2n) is 6.50. The summed E-state index contributed by atoms with van der Waals surface area (Å²) in [6.07, 6.45) is 1.34. The predicted molar refractivity (Wildman–Crippen MR) is 123 cm³/mol. The first kappa shape index (κ1) is 23.0. The maximum absolute atomic E-state index is 12.2. The number of rotatable bonds is 5. The number of nitrogens with one attached hydrogen (secondary N) is 2. The quantitative estimate of drug-likeness (QED) is 0.187. The van der Waals surface area contributed by atoms with Gasteiger partial charge in [0, 0.05) is 10.7 Å². The molecule has 0 aliphatic rings. The summed E-state index contributed by atoms with van der Waals surface area (Å²) in [5.41, 5.74) is 4.09. The fraction of sp³-hybridized carbons (Fsp3) is 0.0435. The molecule has 2 N–H and O–H groups in total. The van der Waals surface area contributed by atoms with Gasteiger partial charge in [-0.15, -0.1) is 0 Å². The van der Waals surface area contributed by atoms with Crippen molar-refractivity contribution in [3.05, 3.63) is 93.5 Å². The van der Waals surface area contributed by atoms with E-state index in [1.807, 2.05) is 0 Å². The van der Waals surface area contributed by atoms with Crippen molar-refractivity contribution in [2.75, 3.05) is 5.32 Å². The van der Waals surface area contributed by atoms with E-state index >= 15 is 0 Å². The molecule has 3 rings (SSSR count). The second kappa shape index (κ2) is 10.6. The van der Waals surface area contributed by atoms with Crippen LogP contribution in [0.15, 0.2) is 71.8 Å². The summed E-state index contributed by atoms with van der Waals surface area (Å²) in [6.45, 7) is 1.73. The summed E-state index contributed by atoms with van der Waals surface area (Å²) < 4.78 is 5.29. The molecule has 9 heteroatoms. The van der Waals surface area contributed by atoms with Crippen LogP contribution in [-0.2, 0) is 9.59 Å². The summed E-state index contributed by atoms with van der Waals surface area (Å²) in [6, 6.07) is 17.9. The Morgan fingerprint density at radius 2 is 1.56 bits per heavy atom. The highest BCUT2D eigenvalue weighted by atomic mass is 35.5. The van der Waals surface area contributed by atoms with Crippen molar-refractivity contribution in [1.82, 2.24) is 5.43 Å². The highest BCUT2D eigenvalue weighted by Crippen LogP contribution is 2.23. The molecule has 0 radical (unpaired) electrons. The first-order valence-corrected chi connectivity index (χ1v) is 10.1. The van der Waals surface area contributed by atoms with Crippen molar-refractivity contribution >= 4 is 52.9 Å². The molecule has 0 saturated carbocycles. The number of ether oxygens (including phenoxy) is 1. The number of carbonyl (C=O) groups excluding carboxylic acids is 3. The van der Waals surface area contributed by atoms with Gasteiger partial charge in [-0.2, -0.15) is 5.10 Å². The third kappa shape index (κ3) is 5.94. The number of hydrogen-bond acceptors (Lipinski definition) is 5. The molecule has 0 aliphatic carbocycles. The molecule has 32 heavy (non-hydrogen) atoms.